The summed E-state index contributed by atoms with van der Waals surface area (Å²) in [4.78, 5) is 0. The minimum absolute atomic E-state index is 0.294. The van der Waals surface area contributed by atoms with Gasteiger partial charge >= 0.3 is 0 Å². The second-order valence-electron chi connectivity index (χ2n) is 6.29. The molecule has 0 rings (SSSR count). The van der Waals surface area contributed by atoms with Crippen molar-refractivity contribution >= 4 is 0 Å². The lowest BCUT2D eigenvalue weighted by Crippen LogP contribution is -1.98. The van der Waals surface area contributed by atoms with Gasteiger partial charge in [-0.15, -0.1) is 0 Å². The van der Waals surface area contributed by atoms with Gasteiger partial charge < -0.3 is 9.84 Å². The Kier molecular flexibility index (Phi) is 19.8. The van der Waals surface area contributed by atoms with Crippen molar-refractivity contribution in [2.45, 2.75) is 103 Å². The van der Waals surface area contributed by atoms with E-state index in [-0.39, 0.29) is 0 Å². The maximum Gasteiger partial charge on any atom is 0.0466 e. The average molecular weight is 301 g/mol. The molecule has 2 nitrogen and oxygen atoms in total. The Morgan fingerprint density at radius 1 is 0.524 bits per heavy atom. The molecule has 0 aromatic rings. The second-order valence-corrected chi connectivity index (χ2v) is 6.29. The zero-order chi connectivity index (χ0) is 15.4. The lowest BCUT2D eigenvalue weighted by Gasteiger charge is -2.04. The Morgan fingerprint density at radius 3 is 1.33 bits per heavy atom. The van der Waals surface area contributed by atoms with E-state index in [1.54, 1.807) is 0 Å². The molecular weight excluding hydrogens is 260 g/mol. The molecule has 0 bridgehead atoms. The van der Waals surface area contributed by atoms with Gasteiger partial charge in [-0.1, -0.05) is 84.0 Å². The minimum atomic E-state index is 0.294. The lowest BCUT2D eigenvalue weighted by atomic mass is 10.0. The summed E-state index contributed by atoms with van der Waals surface area (Å²) in [6, 6.07) is 0. The zero-order valence-electron chi connectivity index (χ0n) is 14.6. The molecule has 0 spiro atoms. The summed E-state index contributed by atoms with van der Waals surface area (Å²) >= 11 is 0. The van der Waals surface area contributed by atoms with E-state index in [0.29, 0.717) is 6.61 Å². The molecule has 0 aliphatic rings. The first-order valence-corrected chi connectivity index (χ1v) is 9.60. The van der Waals surface area contributed by atoms with Gasteiger partial charge in [0.15, 0.2) is 0 Å². The summed E-state index contributed by atoms with van der Waals surface area (Å²) in [5.74, 6) is 0. The van der Waals surface area contributed by atoms with Crippen molar-refractivity contribution in [1.82, 2.24) is 0 Å². The summed E-state index contributed by atoms with van der Waals surface area (Å²) in [6.07, 6.45) is 20.0. The summed E-state index contributed by atoms with van der Waals surface area (Å²) in [7, 11) is 0. The molecule has 128 valence electrons. The lowest BCUT2D eigenvalue weighted by molar-refractivity contribution is 0.121. The third-order valence-corrected chi connectivity index (χ3v) is 4.09. The Balaban J connectivity index is 2.90. The van der Waals surface area contributed by atoms with Crippen molar-refractivity contribution < 1.29 is 9.84 Å². The van der Waals surface area contributed by atoms with Gasteiger partial charge in [-0.3, -0.25) is 0 Å². The minimum Gasteiger partial charge on any atom is -0.396 e. The van der Waals surface area contributed by atoms with Crippen molar-refractivity contribution in [3.63, 3.8) is 0 Å². The van der Waals surface area contributed by atoms with Crippen LogP contribution >= 0.6 is 0 Å². The Labute approximate surface area is 133 Å². The smallest absolute Gasteiger partial charge is 0.0466 e. The SMILES string of the molecule is CCCCCCCCCCCCCCCOCCCCO. The van der Waals surface area contributed by atoms with Crippen molar-refractivity contribution in [2.24, 2.45) is 0 Å². The Hall–Kier alpha value is -0.0800. The fraction of sp³-hybridized carbons (Fsp3) is 1.00. The molecule has 0 radical (unpaired) electrons. The second kappa shape index (κ2) is 19.9. The fourth-order valence-electron chi connectivity index (χ4n) is 2.64. The standard InChI is InChI=1S/C19H40O2/c1-2-3-4-5-6-7-8-9-10-11-12-13-15-18-21-19-16-14-17-20/h20H,2-19H2,1H3. The van der Waals surface area contributed by atoms with Crippen LogP contribution in [-0.2, 0) is 4.74 Å². The number of unbranched alkanes of at least 4 members (excludes halogenated alkanes) is 13. The van der Waals surface area contributed by atoms with E-state index in [1.165, 1.54) is 83.5 Å². The highest BCUT2D eigenvalue weighted by Gasteiger charge is 1.94. The highest BCUT2D eigenvalue weighted by atomic mass is 16.5. The van der Waals surface area contributed by atoms with E-state index in [1.807, 2.05) is 0 Å². The van der Waals surface area contributed by atoms with Crippen LogP contribution < -0.4 is 0 Å². The number of hydrogen-bond donors (Lipinski definition) is 1. The van der Waals surface area contributed by atoms with Crippen molar-refractivity contribution in [2.75, 3.05) is 19.8 Å². The molecule has 0 saturated carbocycles. The molecule has 0 aliphatic heterocycles. The third-order valence-electron chi connectivity index (χ3n) is 4.09. The van der Waals surface area contributed by atoms with E-state index in [9.17, 15) is 0 Å². The Morgan fingerprint density at radius 2 is 0.905 bits per heavy atom. The zero-order valence-corrected chi connectivity index (χ0v) is 14.6. The molecule has 2 heteroatoms. The van der Waals surface area contributed by atoms with Gasteiger partial charge in [-0.05, 0) is 19.3 Å². The van der Waals surface area contributed by atoms with Crippen LogP contribution in [0.3, 0.4) is 0 Å². The molecule has 0 amide bonds. The van der Waals surface area contributed by atoms with Gasteiger partial charge in [-0.2, -0.15) is 0 Å². The molecule has 0 aliphatic carbocycles. The van der Waals surface area contributed by atoms with Crippen molar-refractivity contribution in [3.05, 3.63) is 0 Å². The number of rotatable bonds is 18. The Bertz CT molecular complexity index is 153. The highest BCUT2D eigenvalue weighted by molar-refractivity contribution is 4.49. The molecule has 0 saturated heterocycles. The molecule has 0 aromatic carbocycles. The summed E-state index contributed by atoms with van der Waals surface area (Å²) < 4.78 is 5.52. The van der Waals surface area contributed by atoms with Gasteiger partial charge in [0.2, 0.25) is 0 Å². The average Bonchev–Trinajstić information content (AvgIpc) is 2.50. The number of aliphatic hydroxyl groups excluding tert-OH is 1. The number of aliphatic hydroxyl groups is 1. The van der Waals surface area contributed by atoms with E-state index in [4.69, 9.17) is 9.84 Å². The van der Waals surface area contributed by atoms with Crippen LogP contribution in [0, 0.1) is 0 Å². The van der Waals surface area contributed by atoms with E-state index < -0.39 is 0 Å². The molecule has 0 heterocycles. The summed E-state index contributed by atoms with van der Waals surface area (Å²) in [6.45, 7) is 4.30. The van der Waals surface area contributed by atoms with Crippen molar-refractivity contribution in [1.29, 1.82) is 0 Å². The van der Waals surface area contributed by atoms with Crippen molar-refractivity contribution in [3.8, 4) is 0 Å². The van der Waals surface area contributed by atoms with Crippen LogP contribution in [0.1, 0.15) is 103 Å². The van der Waals surface area contributed by atoms with Crippen LogP contribution in [0.4, 0.5) is 0 Å². The molecular formula is C19H40O2. The maximum atomic E-state index is 8.64. The highest BCUT2D eigenvalue weighted by Crippen LogP contribution is 2.12. The molecule has 0 fully saturated rings. The predicted molar refractivity (Wildman–Crippen MR) is 92.8 cm³/mol. The van der Waals surface area contributed by atoms with Crippen LogP contribution in [0.2, 0.25) is 0 Å². The third kappa shape index (κ3) is 19.9. The monoisotopic (exact) mass is 300 g/mol. The molecule has 0 atom stereocenters. The van der Waals surface area contributed by atoms with E-state index in [0.717, 1.165) is 26.1 Å². The molecule has 1 N–H and O–H groups in total. The van der Waals surface area contributed by atoms with Gasteiger partial charge in [0, 0.05) is 19.8 Å². The van der Waals surface area contributed by atoms with Crippen LogP contribution in [0.5, 0.6) is 0 Å². The van der Waals surface area contributed by atoms with Crippen LogP contribution in [0.25, 0.3) is 0 Å². The molecule has 21 heavy (non-hydrogen) atoms. The largest absolute Gasteiger partial charge is 0.396 e. The summed E-state index contributed by atoms with van der Waals surface area (Å²) in [5, 5.41) is 8.64. The maximum absolute atomic E-state index is 8.64. The summed E-state index contributed by atoms with van der Waals surface area (Å²) in [5.41, 5.74) is 0. The van der Waals surface area contributed by atoms with E-state index >= 15 is 0 Å². The van der Waals surface area contributed by atoms with Gasteiger partial charge in [0.25, 0.3) is 0 Å². The van der Waals surface area contributed by atoms with Gasteiger partial charge in [0.1, 0.15) is 0 Å². The van der Waals surface area contributed by atoms with Gasteiger partial charge in [0.05, 0.1) is 0 Å². The predicted octanol–water partition coefficient (Wildman–Crippen LogP) is 5.87. The number of hydrogen-bond acceptors (Lipinski definition) is 2. The topological polar surface area (TPSA) is 29.5 Å². The first-order valence-electron chi connectivity index (χ1n) is 9.60. The number of ether oxygens (including phenoxy) is 1. The normalized spacial score (nSPS) is 11.1. The van der Waals surface area contributed by atoms with Crippen LogP contribution in [-0.4, -0.2) is 24.9 Å². The fourth-order valence-corrected chi connectivity index (χ4v) is 2.64. The van der Waals surface area contributed by atoms with Gasteiger partial charge in [-0.25, -0.2) is 0 Å². The van der Waals surface area contributed by atoms with E-state index in [2.05, 4.69) is 6.92 Å². The first kappa shape index (κ1) is 20.9. The molecule has 0 aromatic heterocycles. The first-order chi connectivity index (χ1) is 10.4. The van der Waals surface area contributed by atoms with Crippen LogP contribution in [0.15, 0.2) is 0 Å². The quantitative estimate of drug-likeness (QED) is 0.321. The molecule has 0 unspecified atom stereocenters.